The highest BCUT2D eigenvalue weighted by molar-refractivity contribution is 5.91. The van der Waals surface area contributed by atoms with Gasteiger partial charge in [0.2, 0.25) is 5.91 Å². The number of benzene rings is 1. The fourth-order valence-electron chi connectivity index (χ4n) is 6.10. The van der Waals surface area contributed by atoms with E-state index in [9.17, 15) is 9.59 Å². The van der Waals surface area contributed by atoms with Crippen molar-refractivity contribution in [3.63, 3.8) is 0 Å². The summed E-state index contributed by atoms with van der Waals surface area (Å²) in [6.07, 6.45) is 10.7. The Hall–Kier alpha value is -2.90. The molecule has 8 heteroatoms. The van der Waals surface area contributed by atoms with Gasteiger partial charge < -0.3 is 16.0 Å². The van der Waals surface area contributed by atoms with Crippen LogP contribution in [-0.2, 0) is 4.79 Å². The van der Waals surface area contributed by atoms with Crippen molar-refractivity contribution in [2.24, 2.45) is 17.8 Å². The minimum absolute atomic E-state index is 0.00701. The normalized spacial score (nSPS) is 28.9. The first-order valence-corrected chi connectivity index (χ1v) is 10.9. The van der Waals surface area contributed by atoms with Crippen LogP contribution in [0.2, 0.25) is 0 Å². The number of hydrogen-bond donors (Lipinski definition) is 3. The van der Waals surface area contributed by atoms with Gasteiger partial charge in [-0.3, -0.25) is 4.79 Å². The van der Waals surface area contributed by atoms with E-state index in [2.05, 4.69) is 26.0 Å². The van der Waals surface area contributed by atoms with Gasteiger partial charge in [-0.2, -0.15) is 5.10 Å². The third-order valence-corrected chi connectivity index (χ3v) is 6.89. The van der Waals surface area contributed by atoms with Gasteiger partial charge in [-0.05, 0) is 80.5 Å². The molecule has 0 spiro atoms. The first-order chi connectivity index (χ1) is 14.6. The molecule has 3 amide bonds. The van der Waals surface area contributed by atoms with Crippen molar-refractivity contribution in [2.75, 3.05) is 11.9 Å². The van der Waals surface area contributed by atoms with Gasteiger partial charge in [0.05, 0.1) is 5.69 Å². The fourth-order valence-corrected chi connectivity index (χ4v) is 6.10. The van der Waals surface area contributed by atoms with Crippen molar-refractivity contribution < 1.29 is 9.59 Å². The number of anilines is 1. The standard InChI is InChI=1S/C22H28N6O2/c29-20(26-18-1-3-19(4-2-18)28-14-23-13-25-28)5-6-24-21(30)27-22-10-15-7-16(11-22)9-17(8-15)12-22/h1-4,13-17H,5-12H2,(H,26,29)(H2,24,27,30). The van der Waals surface area contributed by atoms with E-state index in [-0.39, 0.29) is 23.9 Å². The summed E-state index contributed by atoms with van der Waals surface area (Å²) in [5, 5.41) is 13.1. The number of hydrogen-bond acceptors (Lipinski definition) is 4. The highest BCUT2D eigenvalue weighted by atomic mass is 16.2. The molecule has 158 valence electrons. The molecule has 0 saturated heterocycles. The maximum atomic E-state index is 12.5. The van der Waals surface area contributed by atoms with Crippen LogP contribution in [0.15, 0.2) is 36.9 Å². The Morgan fingerprint density at radius 3 is 2.30 bits per heavy atom. The minimum Gasteiger partial charge on any atom is -0.338 e. The van der Waals surface area contributed by atoms with Crippen molar-refractivity contribution in [2.45, 2.75) is 50.5 Å². The lowest BCUT2D eigenvalue weighted by atomic mass is 9.53. The van der Waals surface area contributed by atoms with Gasteiger partial charge in [-0.1, -0.05) is 0 Å². The van der Waals surface area contributed by atoms with Gasteiger partial charge >= 0.3 is 6.03 Å². The molecule has 8 nitrogen and oxygen atoms in total. The smallest absolute Gasteiger partial charge is 0.315 e. The van der Waals surface area contributed by atoms with E-state index in [4.69, 9.17) is 0 Å². The van der Waals surface area contributed by atoms with Crippen LogP contribution in [0.4, 0.5) is 10.5 Å². The lowest BCUT2D eigenvalue weighted by molar-refractivity contribution is -0.116. The Morgan fingerprint density at radius 2 is 1.70 bits per heavy atom. The third kappa shape index (κ3) is 4.04. The van der Waals surface area contributed by atoms with E-state index >= 15 is 0 Å². The second kappa shape index (κ2) is 7.74. The first-order valence-electron chi connectivity index (χ1n) is 10.9. The molecule has 1 aromatic heterocycles. The minimum atomic E-state index is -0.137. The van der Waals surface area contributed by atoms with E-state index < -0.39 is 0 Å². The van der Waals surface area contributed by atoms with Gasteiger partial charge in [-0.25, -0.2) is 14.5 Å². The second-order valence-electron chi connectivity index (χ2n) is 9.26. The molecule has 4 aliphatic carbocycles. The second-order valence-corrected chi connectivity index (χ2v) is 9.26. The number of amides is 3. The third-order valence-electron chi connectivity index (χ3n) is 6.89. The van der Waals surface area contributed by atoms with E-state index in [1.807, 2.05) is 24.3 Å². The molecule has 4 aliphatic rings. The molecule has 4 saturated carbocycles. The number of carbonyl (C=O) groups excluding carboxylic acids is 2. The Bertz CT molecular complexity index is 873. The molecule has 6 rings (SSSR count). The van der Waals surface area contributed by atoms with Gasteiger partial charge in [-0.15, -0.1) is 0 Å². The van der Waals surface area contributed by atoms with Crippen LogP contribution < -0.4 is 16.0 Å². The summed E-state index contributed by atoms with van der Waals surface area (Å²) in [5.74, 6) is 2.24. The monoisotopic (exact) mass is 408 g/mol. The Labute approximate surface area is 175 Å². The lowest BCUT2D eigenvalue weighted by Crippen LogP contribution is -2.61. The molecule has 0 unspecified atom stereocenters. The lowest BCUT2D eigenvalue weighted by Gasteiger charge is -2.56. The molecule has 1 heterocycles. The quantitative estimate of drug-likeness (QED) is 0.684. The summed E-state index contributed by atoms with van der Waals surface area (Å²) in [6, 6.07) is 7.23. The number of aromatic nitrogens is 3. The zero-order chi connectivity index (χ0) is 20.6. The van der Waals surface area contributed by atoms with E-state index in [0.717, 1.165) is 42.7 Å². The summed E-state index contributed by atoms with van der Waals surface area (Å²) < 4.78 is 1.65. The number of urea groups is 1. The maximum Gasteiger partial charge on any atom is 0.315 e. The predicted molar refractivity (Wildman–Crippen MR) is 112 cm³/mol. The molecule has 30 heavy (non-hydrogen) atoms. The van der Waals surface area contributed by atoms with Crippen LogP contribution in [0.5, 0.6) is 0 Å². The SMILES string of the molecule is O=C(CCNC(=O)NC12CC3CC(CC(C3)C1)C2)Nc1ccc(-n2cncn2)cc1. The molecular formula is C22H28N6O2. The van der Waals surface area contributed by atoms with Crippen molar-refractivity contribution >= 4 is 17.6 Å². The van der Waals surface area contributed by atoms with Crippen LogP contribution in [0, 0.1) is 17.8 Å². The largest absolute Gasteiger partial charge is 0.338 e. The molecule has 1 aromatic carbocycles. The highest BCUT2D eigenvalue weighted by Gasteiger charge is 2.51. The molecule has 0 radical (unpaired) electrons. The molecule has 0 aliphatic heterocycles. The molecule has 3 N–H and O–H groups in total. The van der Waals surface area contributed by atoms with Crippen molar-refractivity contribution in [1.29, 1.82) is 0 Å². The molecule has 4 bridgehead atoms. The van der Waals surface area contributed by atoms with Crippen molar-refractivity contribution in [1.82, 2.24) is 25.4 Å². The van der Waals surface area contributed by atoms with Crippen LogP contribution in [-0.4, -0.2) is 38.8 Å². The van der Waals surface area contributed by atoms with Crippen LogP contribution >= 0.6 is 0 Å². The zero-order valence-electron chi connectivity index (χ0n) is 17.0. The average Bonchev–Trinajstić information content (AvgIpc) is 3.22. The Kier molecular flexibility index (Phi) is 4.92. The van der Waals surface area contributed by atoms with E-state index in [1.165, 1.54) is 25.6 Å². The number of carbonyl (C=O) groups is 2. The summed E-state index contributed by atoms with van der Waals surface area (Å²) in [5.41, 5.74) is 1.57. The maximum absolute atomic E-state index is 12.5. The Morgan fingerprint density at radius 1 is 1.03 bits per heavy atom. The van der Waals surface area contributed by atoms with Gasteiger partial charge in [0.1, 0.15) is 12.7 Å². The van der Waals surface area contributed by atoms with Crippen LogP contribution in [0.3, 0.4) is 0 Å². The molecular weight excluding hydrogens is 380 g/mol. The topological polar surface area (TPSA) is 101 Å². The summed E-state index contributed by atoms with van der Waals surface area (Å²) in [4.78, 5) is 28.6. The zero-order valence-corrected chi connectivity index (χ0v) is 17.0. The van der Waals surface area contributed by atoms with Crippen molar-refractivity contribution in [3.8, 4) is 5.69 Å². The average molecular weight is 409 g/mol. The van der Waals surface area contributed by atoms with Crippen LogP contribution in [0.25, 0.3) is 5.69 Å². The molecule has 2 aromatic rings. The van der Waals surface area contributed by atoms with Gasteiger partial charge in [0, 0.05) is 24.2 Å². The predicted octanol–water partition coefficient (Wildman–Crippen LogP) is 2.86. The fraction of sp³-hybridized carbons (Fsp3) is 0.545. The molecule has 4 fully saturated rings. The van der Waals surface area contributed by atoms with E-state index in [0.29, 0.717) is 12.2 Å². The van der Waals surface area contributed by atoms with E-state index in [1.54, 1.807) is 11.0 Å². The number of rotatable bonds is 6. The summed E-state index contributed by atoms with van der Waals surface area (Å²) in [7, 11) is 0. The molecule has 0 atom stereocenters. The summed E-state index contributed by atoms with van der Waals surface area (Å²) >= 11 is 0. The van der Waals surface area contributed by atoms with Crippen LogP contribution in [0.1, 0.15) is 44.9 Å². The highest BCUT2D eigenvalue weighted by Crippen LogP contribution is 2.55. The first kappa shape index (κ1) is 19.1. The Balaban J connectivity index is 1.06. The van der Waals surface area contributed by atoms with Gasteiger partial charge in [0.15, 0.2) is 0 Å². The number of nitrogens with one attached hydrogen (secondary N) is 3. The van der Waals surface area contributed by atoms with Gasteiger partial charge in [0.25, 0.3) is 0 Å². The number of nitrogens with zero attached hydrogens (tertiary/aromatic N) is 3. The summed E-state index contributed by atoms with van der Waals surface area (Å²) in [6.45, 7) is 0.321. The van der Waals surface area contributed by atoms with Crippen molar-refractivity contribution in [3.05, 3.63) is 36.9 Å².